The van der Waals surface area contributed by atoms with Gasteiger partial charge in [-0.2, -0.15) is 0 Å². The number of nitrogens with one attached hydrogen (secondary N) is 2. The Morgan fingerprint density at radius 1 is 0.867 bits per heavy atom. The second kappa shape index (κ2) is 12.1. The molecule has 3 heterocycles. The van der Waals surface area contributed by atoms with Crippen LogP contribution in [0.2, 0.25) is 5.02 Å². The maximum absolute atomic E-state index is 13.6. The van der Waals surface area contributed by atoms with Crippen LogP contribution in [0.4, 0.5) is 17.1 Å². The number of amides is 2. The molecule has 2 atom stereocenters. The van der Waals surface area contributed by atoms with Crippen LogP contribution in [0.1, 0.15) is 65.1 Å². The molecule has 2 amide bonds. The molecule has 3 aromatic carbocycles. The molecule has 2 N–H and O–H groups in total. The minimum Gasteiger partial charge on any atom is -0.495 e. The van der Waals surface area contributed by atoms with Crippen molar-refractivity contribution in [3.8, 4) is 5.75 Å². The van der Waals surface area contributed by atoms with Crippen LogP contribution < -0.4 is 25.8 Å². The molecule has 1 saturated heterocycles. The van der Waals surface area contributed by atoms with Crippen molar-refractivity contribution in [1.29, 1.82) is 0 Å². The number of halogens is 1. The number of rotatable bonds is 6. The van der Waals surface area contributed by atoms with Gasteiger partial charge in [0.15, 0.2) is 0 Å². The summed E-state index contributed by atoms with van der Waals surface area (Å²) in [6, 6.07) is 23.5. The first kappa shape index (κ1) is 30.5. The third kappa shape index (κ3) is 6.33. The monoisotopic (exact) mass is 624 g/mol. The minimum atomic E-state index is -0.336. The summed E-state index contributed by atoms with van der Waals surface area (Å²) in [5.74, 6) is 0.385. The molecule has 0 spiro atoms. The number of aromatic nitrogens is 1. The summed E-state index contributed by atoms with van der Waals surface area (Å²) in [5.41, 5.74) is 5.00. The first-order chi connectivity index (χ1) is 21.5. The lowest BCUT2D eigenvalue weighted by Crippen LogP contribution is -2.47. The van der Waals surface area contributed by atoms with Gasteiger partial charge in [-0.1, -0.05) is 50.6 Å². The highest BCUT2D eigenvalue weighted by molar-refractivity contribution is 6.32. The van der Waals surface area contributed by atoms with E-state index in [9.17, 15) is 14.4 Å². The van der Waals surface area contributed by atoms with Crippen LogP contribution in [-0.2, 0) is 12.0 Å². The molecule has 2 aliphatic heterocycles. The quantitative estimate of drug-likeness (QED) is 0.243. The molecular weight excluding hydrogens is 588 g/mol. The van der Waals surface area contributed by atoms with Gasteiger partial charge in [0, 0.05) is 54.1 Å². The molecule has 9 heteroatoms. The number of methoxy groups -OCH3 is 1. The Morgan fingerprint density at radius 2 is 1.60 bits per heavy atom. The Balaban J connectivity index is 1.31. The van der Waals surface area contributed by atoms with E-state index in [0.29, 0.717) is 46.4 Å². The van der Waals surface area contributed by atoms with Crippen LogP contribution in [0.3, 0.4) is 0 Å². The molecule has 2 unspecified atom stereocenters. The zero-order chi connectivity index (χ0) is 31.9. The van der Waals surface area contributed by atoms with E-state index in [1.807, 2.05) is 47.0 Å². The van der Waals surface area contributed by atoms with Crippen molar-refractivity contribution in [2.75, 3.05) is 35.7 Å². The van der Waals surface area contributed by atoms with Crippen LogP contribution in [-0.4, -0.2) is 36.6 Å². The lowest BCUT2D eigenvalue weighted by molar-refractivity contribution is 0.101. The number of carbonyl (C=O) groups is 2. The van der Waals surface area contributed by atoms with Crippen molar-refractivity contribution in [3.05, 3.63) is 117 Å². The highest BCUT2D eigenvalue weighted by Crippen LogP contribution is 2.39. The molecule has 8 nitrogen and oxygen atoms in total. The standard InChI is InChI=1S/C36H37ClN4O4/c1-36(2,3)26-11-8-23(9-12-26)34(43)39-29-17-24(35(44)38-27-13-15-32(45-4)28(37)18-27)10-14-31(29)40-19-22-16-25(21-40)30-6-5-7-33(42)41(30)20-22/h5-15,17-18,22,25H,16,19-21H2,1-4H3,(H,38,44)(H,39,43). The molecule has 0 radical (unpaired) electrons. The normalized spacial score (nSPS) is 17.3. The van der Waals surface area contributed by atoms with Crippen molar-refractivity contribution < 1.29 is 14.3 Å². The van der Waals surface area contributed by atoms with E-state index < -0.39 is 0 Å². The average molecular weight is 625 g/mol. The number of anilines is 3. The van der Waals surface area contributed by atoms with Crippen LogP contribution in [0.25, 0.3) is 0 Å². The second-order valence-electron chi connectivity index (χ2n) is 12.9. The third-order valence-corrected chi connectivity index (χ3v) is 9.05. The molecule has 1 aromatic heterocycles. The number of fused-ring (bicyclic) bond motifs is 4. The van der Waals surface area contributed by atoms with Crippen molar-refractivity contribution in [3.63, 3.8) is 0 Å². The Labute approximate surface area is 268 Å². The highest BCUT2D eigenvalue weighted by Gasteiger charge is 2.35. The molecule has 0 aliphatic carbocycles. The van der Waals surface area contributed by atoms with Gasteiger partial charge < -0.3 is 24.8 Å². The van der Waals surface area contributed by atoms with Gasteiger partial charge in [-0.15, -0.1) is 0 Å². The van der Waals surface area contributed by atoms with Gasteiger partial charge >= 0.3 is 0 Å². The van der Waals surface area contributed by atoms with Crippen LogP contribution in [0.5, 0.6) is 5.75 Å². The summed E-state index contributed by atoms with van der Waals surface area (Å²) < 4.78 is 7.12. The maximum atomic E-state index is 13.6. The lowest BCUT2D eigenvalue weighted by atomic mass is 9.83. The fourth-order valence-electron chi connectivity index (χ4n) is 6.41. The summed E-state index contributed by atoms with van der Waals surface area (Å²) in [5, 5.41) is 6.38. The molecule has 4 aromatic rings. The number of ether oxygens (including phenoxy) is 1. The van der Waals surface area contributed by atoms with Gasteiger partial charge in [-0.05, 0) is 77.9 Å². The van der Waals surface area contributed by atoms with Gasteiger partial charge in [0.05, 0.1) is 23.5 Å². The smallest absolute Gasteiger partial charge is 0.255 e. The molecule has 2 aliphatic rings. The Morgan fingerprint density at radius 3 is 2.31 bits per heavy atom. The Bertz CT molecular complexity index is 1830. The van der Waals surface area contributed by atoms with Crippen molar-refractivity contribution in [1.82, 2.24) is 4.57 Å². The average Bonchev–Trinajstić information content (AvgIpc) is 3.01. The number of nitrogens with zero attached hydrogens (tertiary/aromatic N) is 2. The van der Waals surface area contributed by atoms with Gasteiger partial charge in [0.2, 0.25) is 0 Å². The fourth-order valence-corrected chi connectivity index (χ4v) is 6.67. The topological polar surface area (TPSA) is 92.7 Å². The number of carbonyl (C=O) groups excluding carboxylic acids is 2. The molecule has 1 fully saturated rings. The van der Waals surface area contributed by atoms with E-state index in [4.69, 9.17) is 16.3 Å². The highest BCUT2D eigenvalue weighted by atomic mass is 35.5. The van der Waals surface area contributed by atoms with Crippen molar-refractivity contribution in [2.24, 2.45) is 5.92 Å². The Hall–Kier alpha value is -4.56. The maximum Gasteiger partial charge on any atom is 0.255 e. The summed E-state index contributed by atoms with van der Waals surface area (Å²) >= 11 is 6.27. The van der Waals surface area contributed by atoms with E-state index in [0.717, 1.165) is 29.9 Å². The molecule has 45 heavy (non-hydrogen) atoms. The van der Waals surface area contributed by atoms with Gasteiger partial charge in [-0.3, -0.25) is 14.4 Å². The van der Waals surface area contributed by atoms with E-state index in [1.165, 1.54) is 7.11 Å². The summed E-state index contributed by atoms with van der Waals surface area (Å²) in [6.45, 7) is 8.48. The first-order valence-electron chi connectivity index (χ1n) is 15.2. The van der Waals surface area contributed by atoms with E-state index in [2.05, 4.69) is 36.3 Å². The van der Waals surface area contributed by atoms with E-state index in [-0.39, 0.29) is 34.6 Å². The molecule has 2 bridgehead atoms. The number of benzene rings is 3. The molecule has 0 saturated carbocycles. The van der Waals surface area contributed by atoms with Crippen LogP contribution >= 0.6 is 11.6 Å². The lowest BCUT2D eigenvalue weighted by Gasteiger charge is -2.44. The summed E-state index contributed by atoms with van der Waals surface area (Å²) in [4.78, 5) is 41.8. The zero-order valence-electron chi connectivity index (χ0n) is 25.9. The van der Waals surface area contributed by atoms with E-state index in [1.54, 1.807) is 36.4 Å². The van der Waals surface area contributed by atoms with Crippen molar-refractivity contribution >= 4 is 40.5 Å². The summed E-state index contributed by atoms with van der Waals surface area (Å²) in [6.07, 6.45) is 1.01. The number of hydrogen-bond donors (Lipinski definition) is 2. The third-order valence-electron chi connectivity index (χ3n) is 8.75. The van der Waals surface area contributed by atoms with Crippen LogP contribution in [0.15, 0.2) is 83.7 Å². The Kier molecular flexibility index (Phi) is 8.18. The SMILES string of the molecule is COc1ccc(NC(=O)c2ccc(N3CC4CC(C3)c3cccc(=O)n3C4)c(NC(=O)c3ccc(C(C)(C)C)cc3)c2)cc1Cl. The van der Waals surface area contributed by atoms with Crippen molar-refractivity contribution in [2.45, 2.75) is 45.1 Å². The van der Waals surface area contributed by atoms with Gasteiger partial charge in [0.25, 0.3) is 17.4 Å². The second-order valence-corrected chi connectivity index (χ2v) is 13.3. The first-order valence-corrected chi connectivity index (χ1v) is 15.5. The number of pyridine rings is 1. The molecular formula is C36H37ClN4O4. The molecule has 232 valence electrons. The predicted octanol–water partition coefficient (Wildman–Crippen LogP) is 6.94. The summed E-state index contributed by atoms with van der Waals surface area (Å²) in [7, 11) is 1.53. The van der Waals surface area contributed by atoms with Gasteiger partial charge in [0.1, 0.15) is 5.75 Å². The molecule has 6 rings (SSSR count). The fraction of sp³-hybridized carbons (Fsp3) is 0.306. The largest absolute Gasteiger partial charge is 0.495 e. The van der Waals surface area contributed by atoms with E-state index >= 15 is 0 Å². The predicted molar refractivity (Wildman–Crippen MR) is 179 cm³/mol. The number of piperidine rings is 1. The number of hydrogen-bond acceptors (Lipinski definition) is 5. The minimum absolute atomic E-state index is 0.0337. The van der Waals surface area contributed by atoms with Crippen LogP contribution in [0, 0.1) is 5.92 Å². The zero-order valence-corrected chi connectivity index (χ0v) is 26.6. The van der Waals surface area contributed by atoms with Gasteiger partial charge in [-0.25, -0.2) is 0 Å².